The smallest absolute Gasteiger partial charge is 0.330 e. The maximum atomic E-state index is 11.6. The van der Waals surface area contributed by atoms with Gasteiger partial charge in [-0.15, -0.1) is 0 Å². The van der Waals surface area contributed by atoms with Crippen LogP contribution >= 0.6 is 0 Å². The van der Waals surface area contributed by atoms with Gasteiger partial charge in [0.2, 0.25) is 0 Å². The van der Waals surface area contributed by atoms with Gasteiger partial charge in [0.05, 0.1) is 19.1 Å². The third-order valence-electron chi connectivity index (χ3n) is 3.27. The van der Waals surface area contributed by atoms with Gasteiger partial charge in [-0.05, 0) is 38.7 Å². The molecule has 0 radical (unpaired) electrons. The lowest BCUT2D eigenvalue weighted by molar-refractivity contribution is -0.137. The van der Waals surface area contributed by atoms with E-state index in [9.17, 15) is 4.79 Å². The van der Waals surface area contributed by atoms with E-state index in [-0.39, 0.29) is 11.7 Å². The summed E-state index contributed by atoms with van der Waals surface area (Å²) >= 11 is 0. The number of aliphatic hydroxyl groups excluding tert-OH is 1. The van der Waals surface area contributed by atoms with Crippen molar-refractivity contribution in [2.75, 3.05) is 6.61 Å². The number of aliphatic hydroxyl groups is 1. The van der Waals surface area contributed by atoms with Crippen molar-refractivity contribution in [3.8, 4) is 6.07 Å². The van der Waals surface area contributed by atoms with Crippen LogP contribution in [0.15, 0.2) is 84.7 Å². The fraction of sp³-hybridized carbons (Fsp3) is 0.304. The first-order valence-corrected chi connectivity index (χ1v) is 8.89. The zero-order valence-electron chi connectivity index (χ0n) is 16.1. The van der Waals surface area contributed by atoms with Gasteiger partial charge < -0.3 is 9.84 Å². The van der Waals surface area contributed by atoms with Gasteiger partial charge in [-0.2, -0.15) is 5.26 Å². The molecule has 0 aliphatic carbocycles. The summed E-state index contributed by atoms with van der Waals surface area (Å²) in [5, 5.41) is 17.3. The van der Waals surface area contributed by atoms with Gasteiger partial charge in [0, 0.05) is 6.08 Å². The molecular formula is C23H29NO3. The molecule has 0 fully saturated rings. The Balaban J connectivity index is 3.88. The number of hydrogen-bond acceptors (Lipinski definition) is 4. The summed E-state index contributed by atoms with van der Waals surface area (Å²) in [7, 11) is 0. The van der Waals surface area contributed by atoms with Crippen molar-refractivity contribution < 1.29 is 14.6 Å². The Morgan fingerprint density at radius 2 is 1.89 bits per heavy atom. The number of rotatable bonds is 13. The highest BCUT2D eigenvalue weighted by molar-refractivity contribution is 5.82. The number of carbonyl (C=O) groups excluding carboxylic acids is 1. The normalized spacial score (nSPS) is 12.2. The minimum Gasteiger partial charge on any atom is -0.509 e. The highest BCUT2D eigenvalue weighted by Crippen LogP contribution is 2.07. The summed E-state index contributed by atoms with van der Waals surface area (Å²) in [6.07, 6.45) is 19.5. The Hall–Kier alpha value is -3.06. The maximum absolute atomic E-state index is 11.6. The van der Waals surface area contributed by atoms with E-state index in [1.807, 2.05) is 31.2 Å². The van der Waals surface area contributed by atoms with Crippen molar-refractivity contribution in [3.63, 3.8) is 0 Å². The van der Waals surface area contributed by atoms with Gasteiger partial charge in [0.1, 0.15) is 5.76 Å². The van der Waals surface area contributed by atoms with Crippen molar-refractivity contribution in [1.82, 2.24) is 0 Å². The van der Waals surface area contributed by atoms with Crippen molar-refractivity contribution in [2.45, 2.75) is 39.0 Å². The number of carbonyl (C=O) groups is 1. The number of esters is 1. The number of nitrogens with zero attached hydrogens (tertiary/aromatic N) is 1. The lowest BCUT2D eigenvalue weighted by Gasteiger charge is -2.02. The molecule has 0 aromatic carbocycles. The van der Waals surface area contributed by atoms with E-state index < -0.39 is 0 Å². The van der Waals surface area contributed by atoms with E-state index in [4.69, 9.17) is 15.1 Å². The maximum Gasteiger partial charge on any atom is 0.330 e. The Morgan fingerprint density at radius 1 is 1.11 bits per heavy atom. The van der Waals surface area contributed by atoms with E-state index in [0.717, 1.165) is 36.8 Å². The van der Waals surface area contributed by atoms with Crippen LogP contribution < -0.4 is 0 Å². The monoisotopic (exact) mass is 367 g/mol. The molecule has 0 spiro atoms. The quantitative estimate of drug-likeness (QED) is 0.111. The van der Waals surface area contributed by atoms with Crippen molar-refractivity contribution in [2.24, 2.45) is 0 Å². The second kappa shape index (κ2) is 16.4. The topological polar surface area (TPSA) is 70.3 Å². The molecule has 0 unspecified atom stereocenters. The van der Waals surface area contributed by atoms with Gasteiger partial charge in [-0.1, -0.05) is 66.8 Å². The Labute approximate surface area is 162 Å². The molecule has 144 valence electrons. The van der Waals surface area contributed by atoms with Crippen molar-refractivity contribution in [1.29, 1.82) is 5.26 Å². The van der Waals surface area contributed by atoms with Gasteiger partial charge in [-0.25, -0.2) is 4.79 Å². The average Bonchev–Trinajstić information content (AvgIpc) is 2.62. The van der Waals surface area contributed by atoms with Gasteiger partial charge >= 0.3 is 5.97 Å². The lowest BCUT2D eigenvalue weighted by Crippen LogP contribution is -2.02. The Kier molecular flexibility index (Phi) is 14.6. The molecule has 0 heterocycles. The number of ether oxygens (including phenoxy) is 1. The summed E-state index contributed by atoms with van der Waals surface area (Å²) in [5.41, 5.74) is 1.89. The molecule has 0 aliphatic heterocycles. The van der Waals surface area contributed by atoms with Crippen LogP contribution in [0.1, 0.15) is 39.0 Å². The fourth-order valence-corrected chi connectivity index (χ4v) is 1.87. The van der Waals surface area contributed by atoms with E-state index in [1.54, 1.807) is 18.2 Å². The summed E-state index contributed by atoms with van der Waals surface area (Å²) in [6.45, 7) is 9.55. The minimum atomic E-state index is -0.374. The minimum absolute atomic E-state index is 0.0203. The first-order valence-electron chi connectivity index (χ1n) is 8.89. The SMILES string of the molecule is C=C(O)\C=C/C=C(C)/C=C/C(=O)OCCCCC(=C)/C=C/C/C=C\CC#N. The fourth-order valence-electron chi connectivity index (χ4n) is 1.87. The molecule has 4 heteroatoms. The summed E-state index contributed by atoms with van der Waals surface area (Å²) in [4.78, 5) is 11.6. The third kappa shape index (κ3) is 17.6. The molecule has 0 aromatic rings. The number of hydrogen-bond donors (Lipinski definition) is 1. The first kappa shape index (κ1) is 23.9. The Morgan fingerprint density at radius 3 is 2.59 bits per heavy atom. The molecular weight excluding hydrogens is 338 g/mol. The van der Waals surface area contributed by atoms with Gasteiger partial charge in [0.25, 0.3) is 0 Å². The standard InChI is InChI=1S/C23H29NO3/c1-20(12-7-5-4-6-9-18-24)13-8-10-19-27-23(26)17-16-21(2)14-11-15-22(3)25/h4,6-7,11-12,14-17,25H,1,3,5,8-10,13,19H2,2H3/b6-4-,12-7+,15-11-,17-16+,21-14+. The molecule has 0 saturated heterocycles. The molecule has 0 aliphatic rings. The largest absolute Gasteiger partial charge is 0.509 e. The lowest BCUT2D eigenvalue weighted by atomic mass is 10.1. The van der Waals surface area contributed by atoms with E-state index in [1.165, 1.54) is 12.2 Å². The average molecular weight is 367 g/mol. The van der Waals surface area contributed by atoms with Crippen LogP contribution in [-0.2, 0) is 9.53 Å². The Bertz CT molecular complexity index is 670. The molecule has 0 atom stereocenters. The van der Waals surface area contributed by atoms with Crippen molar-refractivity contribution >= 4 is 5.97 Å². The number of unbranched alkanes of at least 4 members (excludes halogenated alkanes) is 1. The van der Waals surface area contributed by atoms with Crippen LogP contribution in [0.2, 0.25) is 0 Å². The van der Waals surface area contributed by atoms with Crippen LogP contribution in [0.3, 0.4) is 0 Å². The molecule has 0 amide bonds. The summed E-state index contributed by atoms with van der Waals surface area (Å²) in [5.74, 6) is -0.394. The molecule has 0 rings (SSSR count). The van der Waals surface area contributed by atoms with Crippen LogP contribution in [0.25, 0.3) is 0 Å². The van der Waals surface area contributed by atoms with E-state index >= 15 is 0 Å². The van der Waals surface area contributed by atoms with Gasteiger partial charge in [-0.3, -0.25) is 0 Å². The molecule has 0 aromatic heterocycles. The zero-order valence-corrected chi connectivity index (χ0v) is 16.1. The highest BCUT2D eigenvalue weighted by atomic mass is 16.5. The second-order valence-corrected chi connectivity index (χ2v) is 5.85. The third-order valence-corrected chi connectivity index (χ3v) is 3.27. The molecule has 0 saturated carbocycles. The van der Waals surface area contributed by atoms with E-state index in [0.29, 0.717) is 13.0 Å². The van der Waals surface area contributed by atoms with E-state index in [2.05, 4.69) is 19.2 Å². The second-order valence-electron chi connectivity index (χ2n) is 5.85. The van der Waals surface area contributed by atoms with Crippen LogP contribution in [0.5, 0.6) is 0 Å². The number of nitriles is 1. The van der Waals surface area contributed by atoms with Gasteiger partial charge in [0.15, 0.2) is 0 Å². The van der Waals surface area contributed by atoms with Crippen LogP contribution in [0, 0.1) is 11.3 Å². The van der Waals surface area contributed by atoms with Crippen LogP contribution in [0.4, 0.5) is 0 Å². The zero-order chi connectivity index (χ0) is 20.3. The molecule has 0 bridgehead atoms. The summed E-state index contributed by atoms with van der Waals surface area (Å²) < 4.78 is 5.14. The molecule has 27 heavy (non-hydrogen) atoms. The predicted molar refractivity (Wildman–Crippen MR) is 111 cm³/mol. The highest BCUT2D eigenvalue weighted by Gasteiger charge is 1.97. The van der Waals surface area contributed by atoms with Crippen molar-refractivity contribution in [3.05, 3.63) is 84.7 Å². The predicted octanol–water partition coefficient (Wildman–Crippen LogP) is 5.80. The number of allylic oxidation sites excluding steroid dienone is 10. The molecule has 4 nitrogen and oxygen atoms in total. The molecule has 1 N–H and O–H groups in total. The van der Waals surface area contributed by atoms with Crippen LogP contribution in [-0.4, -0.2) is 17.7 Å². The first-order chi connectivity index (χ1) is 13.0. The summed E-state index contributed by atoms with van der Waals surface area (Å²) in [6, 6.07) is 2.06.